The third kappa shape index (κ3) is 1.12. The zero-order valence-corrected chi connectivity index (χ0v) is 8.72. The van der Waals surface area contributed by atoms with E-state index in [4.69, 9.17) is 0 Å². The molecule has 1 aliphatic carbocycles. The van der Waals surface area contributed by atoms with Crippen LogP contribution in [0.5, 0.6) is 0 Å². The van der Waals surface area contributed by atoms with Crippen LogP contribution in [0, 0.1) is 0 Å². The van der Waals surface area contributed by atoms with Gasteiger partial charge in [-0.3, -0.25) is 0 Å². The number of fused-ring (bicyclic) bond motifs is 1. The molecule has 1 aliphatic heterocycles. The quantitative estimate of drug-likeness (QED) is 0.692. The summed E-state index contributed by atoms with van der Waals surface area (Å²) in [5.41, 5.74) is 1.42. The van der Waals surface area contributed by atoms with E-state index in [-0.39, 0.29) is 5.41 Å². The van der Waals surface area contributed by atoms with Gasteiger partial charge in [0.15, 0.2) is 0 Å². The SMILES string of the molecule is CC1(C2=CCC=CC=C2)Cn2cnnc21. The van der Waals surface area contributed by atoms with Gasteiger partial charge in [-0.05, 0) is 18.9 Å². The standard InChI is InChI=1S/C12H13N3/c1-12(8-15-9-13-14-11(12)15)10-6-4-2-3-5-7-10/h2-4,6-7,9H,5,8H2,1H3. The molecule has 0 N–H and O–H groups in total. The van der Waals surface area contributed by atoms with Crippen LogP contribution in [-0.4, -0.2) is 14.8 Å². The first-order valence-electron chi connectivity index (χ1n) is 5.23. The Labute approximate surface area is 88.8 Å². The van der Waals surface area contributed by atoms with E-state index < -0.39 is 0 Å². The first-order chi connectivity index (χ1) is 7.31. The van der Waals surface area contributed by atoms with E-state index in [1.54, 1.807) is 6.33 Å². The van der Waals surface area contributed by atoms with Gasteiger partial charge >= 0.3 is 0 Å². The Hall–Kier alpha value is -1.64. The molecule has 3 rings (SSSR count). The molecule has 15 heavy (non-hydrogen) atoms. The molecule has 1 atom stereocenters. The van der Waals surface area contributed by atoms with E-state index in [2.05, 4.69) is 52.1 Å². The summed E-state index contributed by atoms with van der Waals surface area (Å²) in [7, 11) is 0. The van der Waals surface area contributed by atoms with Crippen molar-refractivity contribution < 1.29 is 0 Å². The Morgan fingerprint density at radius 3 is 3.20 bits per heavy atom. The molecule has 1 unspecified atom stereocenters. The summed E-state index contributed by atoms with van der Waals surface area (Å²) in [5, 5.41) is 8.12. The molecule has 2 aliphatic rings. The molecule has 0 fully saturated rings. The maximum Gasteiger partial charge on any atom is 0.145 e. The lowest BCUT2D eigenvalue weighted by Crippen LogP contribution is -2.42. The summed E-state index contributed by atoms with van der Waals surface area (Å²) >= 11 is 0. The lowest BCUT2D eigenvalue weighted by Gasteiger charge is -2.39. The van der Waals surface area contributed by atoms with Crippen molar-refractivity contribution in [2.24, 2.45) is 0 Å². The predicted molar refractivity (Wildman–Crippen MR) is 58.4 cm³/mol. The Bertz CT molecular complexity index is 479. The number of nitrogens with zero attached hydrogens (tertiary/aromatic N) is 3. The second-order valence-electron chi connectivity index (χ2n) is 4.30. The van der Waals surface area contributed by atoms with Crippen LogP contribution in [0.25, 0.3) is 0 Å². The largest absolute Gasteiger partial charge is 0.315 e. The van der Waals surface area contributed by atoms with Crippen molar-refractivity contribution in [3.05, 3.63) is 48.1 Å². The van der Waals surface area contributed by atoms with Crippen molar-refractivity contribution in [2.45, 2.75) is 25.3 Å². The van der Waals surface area contributed by atoms with E-state index in [1.165, 1.54) is 5.57 Å². The van der Waals surface area contributed by atoms with Gasteiger partial charge in [-0.15, -0.1) is 10.2 Å². The highest BCUT2D eigenvalue weighted by Gasteiger charge is 2.43. The normalized spacial score (nSPS) is 27.9. The van der Waals surface area contributed by atoms with Gasteiger partial charge < -0.3 is 4.57 Å². The van der Waals surface area contributed by atoms with Crippen LogP contribution in [0.2, 0.25) is 0 Å². The summed E-state index contributed by atoms with van der Waals surface area (Å²) in [6.45, 7) is 3.23. The molecule has 0 saturated heterocycles. The van der Waals surface area contributed by atoms with Gasteiger partial charge in [0, 0.05) is 6.54 Å². The minimum absolute atomic E-state index is 0.0685. The van der Waals surface area contributed by atoms with Gasteiger partial charge in [0.05, 0.1) is 5.41 Å². The molecule has 2 heterocycles. The van der Waals surface area contributed by atoms with Crippen LogP contribution in [-0.2, 0) is 12.0 Å². The van der Waals surface area contributed by atoms with E-state index in [0.29, 0.717) is 0 Å². The number of rotatable bonds is 1. The number of allylic oxidation sites excluding steroid dienone is 6. The van der Waals surface area contributed by atoms with E-state index in [0.717, 1.165) is 18.8 Å². The summed E-state index contributed by atoms with van der Waals surface area (Å²) in [4.78, 5) is 0. The lowest BCUT2D eigenvalue weighted by molar-refractivity contribution is 0.330. The van der Waals surface area contributed by atoms with Crippen LogP contribution in [0.1, 0.15) is 19.2 Å². The molecule has 76 valence electrons. The first-order valence-corrected chi connectivity index (χ1v) is 5.23. The van der Waals surface area contributed by atoms with E-state index in [1.807, 2.05) is 0 Å². The molecular weight excluding hydrogens is 186 g/mol. The molecule has 1 aromatic heterocycles. The van der Waals surface area contributed by atoms with Crippen LogP contribution >= 0.6 is 0 Å². The van der Waals surface area contributed by atoms with Crippen molar-refractivity contribution >= 4 is 0 Å². The fraction of sp³-hybridized carbons (Fsp3) is 0.333. The molecule has 0 saturated carbocycles. The molecular formula is C12H13N3. The van der Waals surface area contributed by atoms with Crippen LogP contribution < -0.4 is 0 Å². The lowest BCUT2D eigenvalue weighted by atomic mass is 9.75. The van der Waals surface area contributed by atoms with E-state index >= 15 is 0 Å². The van der Waals surface area contributed by atoms with Crippen LogP contribution in [0.3, 0.4) is 0 Å². The molecule has 3 heteroatoms. The summed E-state index contributed by atoms with van der Waals surface area (Å²) in [5.74, 6) is 1.08. The molecule has 0 bridgehead atoms. The van der Waals surface area contributed by atoms with Gasteiger partial charge in [-0.2, -0.15) is 0 Å². The second-order valence-corrected chi connectivity index (χ2v) is 4.30. The molecule has 0 radical (unpaired) electrons. The first kappa shape index (κ1) is 8.65. The monoisotopic (exact) mass is 199 g/mol. The zero-order valence-electron chi connectivity index (χ0n) is 8.72. The Morgan fingerprint density at radius 1 is 1.40 bits per heavy atom. The van der Waals surface area contributed by atoms with Crippen molar-refractivity contribution in [1.82, 2.24) is 14.8 Å². The Kier molecular flexibility index (Phi) is 1.69. The van der Waals surface area contributed by atoms with Gasteiger partial charge in [-0.1, -0.05) is 30.4 Å². The van der Waals surface area contributed by atoms with Crippen molar-refractivity contribution in [1.29, 1.82) is 0 Å². The molecule has 0 amide bonds. The molecule has 0 spiro atoms. The van der Waals surface area contributed by atoms with Gasteiger partial charge in [0.25, 0.3) is 0 Å². The smallest absolute Gasteiger partial charge is 0.145 e. The fourth-order valence-electron chi connectivity index (χ4n) is 2.33. The summed E-state index contributed by atoms with van der Waals surface area (Å²) in [6.07, 6.45) is 13.6. The average Bonchev–Trinajstić information content (AvgIpc) is 2.49. The van der Waals surface area contributed by atoms with Crippen molar-refractivity contribution in [3.63, 3.8) is 0 Å². The topological polar surface area (TPSA) is 30.7 Å². The highest BCUT2D eigenvalue weighted by Crippen LogP contribution is 2.40. The zero-order chi connectivity index (χ0) is 10.3. The number of hydrogen-bond acceptors (Lipinski definition) is 2. The predicted octanol–water partition coefficient (Wildman–Crippen LogP) is 1.99. The third-order valence-corrected chi connectivity index (χ3v) is 3.23. The highest BCUT2D eigenvalue weighted by molar-refractivity contribution is 5.41. The van der Waals surface area contributed by atoms with Gasteiger partial charge in [0.1, 0.15) is 12.2 Å². The number of hydrogen-bond donors (Lipinski definition) is 0. The van der Waals surface area contributed by atoms with Crippen molar-refractivity contribution in [3.8, 4) is 0 Å². The number of aromatic nitrogens is 3. The average molecular weight is 199 g/mol. The molecule has 1 aromatic rings. The van der Waals surface area contributed by atoms with Crippen molar-refractivity contribution in [2.75, 3.05) is 0 Å². The van der Waals surface area contributed by atoms with Gasteiger partial charge in [0.2, 0.25) is 0 Å². The third-order valence-electron chi connectivity index (χ3n) is 3.23. The molecule has 0 aromatic carbocycles. The Morgan fingerprint density at radius 2 is 2.33 bits per heavy atom. The summed E-state index contributed by atoms with van der Waals surface area (Å²) in [6, 6.07) is 0. The van der Waals surface area contributed by atoms with E-state index in [9.17, 15) is 0 Å². The van der Waals surface area contributed by atoms with Crippen LogP contribution in [0.4, 0.5) is 0 Å². The van der Waals surface area contributed by atoms with Gasteiger partial charge in [-0.25, -0.2) is 0 Å². The Balaban J connectivity index is 2.00. The molecule has 3 nitrogen and oxygen atoms in total. The highest BCUT2D eigenvalue weighted by atomic mass is 15.3. The van der Waals surface area contributed by atoms with Crippen LogP contribution in [0.15, 0.2) is 42.3 Å². The maximum atomic E-state index is 4.18. The maximum absolute atomic E-state index is 4.18. The fourth-order valence-corrected chi connectivity index (χ4v) is 2.33. The second kappa shape index (κ2) is 2.92. The minimum atomic E-state index is 0.0685. The minimum Gasteiger partial charge on any atom is -0.315 e. The summed E-state index contributed by atoms with van der Waals surface area (Å²) < 4.78 is 2.10.